The molecule has 0 unspecified atom stereocenters. The van der Waals surface area contributed by atoms with Crippen LogP contribution in [0.3, 0.4) is 0 Å². The van der Waals surface area contributed by atoms with Crippen LogP contribution in [0.4, 0.5) is 4.79 Å². The quantitative estimate of drug-likeness (QED) is 0.622. The van der Waals surface area contributed by atoms with Crippen molar-refractivity contribution in [2.45, 2.75) is 34.1 Å². The number of carbonyl (C=O) groups excluding carboxylic acids is 1. The zero-order chi connectivity index (χ0) is 12.4. The van der Waals surface area contributed by atoms with Gasteiger partial charge in [0.05, 0.1) is 0 Å². The van der Waals surface area contributed by atoms with Crippen molar-refractivity contribution in [3.05, 3.63) is 0 Å². The molecule has 0 bridgehead atoms. The highest BCUT2D eigenvalue weighted by Gasteiger charge is 2.01. The van der Waals surface area contributed by atoms with Gasteiger partial charge in [0.25, 0.3) is 0 Å². The highest BCUT2D eigenvalue weighted by atomic mass is 16.2. The van der Waals surface area contributed by atoms with Gasteiger partial charge in [0.15, 0.2) is 0 Å². The number of amides is 2. The molecular formula is C12H27N3O. The largest absolute Gasteiger partial charge is 0.338 e. The Bertz CT molecular complexity index is 179. The van der Waals surface area contributed by atoms with Crippen LogP contribution >= 0.6 is 0 Å². The highest BCUT2D eigenvalue weighted by Crippen LogP contribution is 1.89. The van der Waals surface area contributed by atoms with Gasteiger partial charge in [-0.25, -0.2) is 4.79 Å². The van der Waals surface area contributed by atoms with Gasteiger partial charge in [-0.1, -0.05) is 27.7 Å². The van der Waals surface area contributed by atoms with E-state index in [1.807, 2.05) is 0 Å². The van der Waals surface area contributed by atoms with Gasteiger partial charge in [-0.2, -0.15) is 0 Å². The fraction of sp³-hybridized carbons (Fsp3) is 0.917. The summed E-state index contributed by atoms with van der Waals surface area (Å²) in [5.41, 5.74) is 0. The third-order valence-electron chi connectivity index (χ3n) is 2.50. The number of nitrogens with one attached hydrogen (secondary N) is 2. The summed E-state index contributed by atoms with van der Waals surface area (Å²) in [6, 6.07) is -0.0479. The predicted molar refractivity (Wildman–Crippen MR) is 68.6 cm³/mol. The van der Waals surface area contributed by atoms with Gasteiger partial charge in [-0.3, -0.25) is 0 Å². The van der Waals surface area contributed by atoms with Crippen LogP contribution in [0.25, 0.3) is 0 Å². The minimum Gasteiger partial charge on any atom is -0.338 e. The van der Waals surface area contributed by atoms with E-state index < -0.39 is 0 Å². The first-order valence-corrected chi connectivity index (χ1v) is 6.34. The van der Waals surface area contributed by atoms with E-state index >= 15 is 0 Å². The van der Waals surface area contributed by atoms with Gasteiger partial charge in [0.1, 0.15) is 0 Å². The Balaban J connectivity index is 3.40. The SMILES string of the molecule is CCN(CC)CCCNC(=O)NCC(C)C. The van der Waals surface area contributed by atoms with E-state index in [4.69, 9.17) is 0 Å². The molecule has 4 heteroatoms. The van der Waals surface area contributed by atoms with Crippen molar-refractivity contribution in [1.29, 1.82) is 0 Å². The lowest BCUT2D eigenvalue weighted by Crippen LogP contribution is -2.38. The molecule has 0 aliphatic rings. The van der Waals surface area contributed by atoms with Crippen molar-refractivity contribution in [3.8, 4) is 0 Å². The van der Waals surface area contributed by atoms with Gasteiger partial charge in [-0.05, 0) is 32.0 Å². The molecule has 0 atom stereocenters. The minimum atomic E-state index is -0.0479. The first-order chi connectivity index (χ1) is 7.60. The molecular weight excluding hydrogens is 202 g/mol. The molecule has 0 aromatic heterocycles. The van der Waals surface area contributed by atoms with Crippen molar-refractivity contribution in [1.82, 2.24) is 15.5 Å². The number of hydrogen-bond donors (Lipinski definition) is 2. The van der Waals surface area contributed by atoms with Crippen molar-refractivity contribution in [2.24, 2.45) is 5.92 Å². The van der Waals surface area contributed by atoms with Crippen molar-refractivity contribution in [3.63, 3.8) is 0 Å². The number of carbonyl (C=O) groups is 1. The maximum Gasteiger partial charge on any atom is 0.314 e. The molecule has 16 heavy (non-hydrogen) atoms. The zero-order valence-corrected chi connectivity index (χ0v) is 11.2. The Morgan fingerprint density at radius 1 is 1.19 bits per heavy atom. The number of urea groups is 1. The Hall–Kier alpha value is -0.770. The lowest BCUT2D eigenvalue weighted by atomic mass is 10.2. The lowest BCUT2D eigenvalue weighted by Gasteiger charge is -2.17. The van der Waals surface area contributed by atoms with Crippen molar-refractivity contribution >= 4 is 6.03 Å². The van der Waals surface area contributed by atoms with Crippen LogP contribution in [-0.4, -0.2) is 43.7 Å². The number of rotatable bonds is 8. The molecule has 0 saturated heterocycles. The first-order valence-electron chi connectivity index (χ1n) is 6.34. The second-order valence-corrected chi connectivity index (χ2v) is 4.41. The molecule has 0 fully saturated rings. The molecule has 0 rings (SSSR count). The van der Waals surface area contributed by atoms with Gasteiger partial charge in [-0.15, -0.1) is 0 Å². The van der Waals surface area contributed by atoms with Crippen LogP contribution in [0.1, 0.15) is 34.1 Å². The summed E-state index contributed by atoms with van der Waals surface area (Å²) in [4.78, 5) is 13.7. The molecule has 4 nitrogen and oxygen atoms in total. The van der Waals surface area contributed by atoms with Crippen LogP contribution < -0.4 is 10.6 Å². The summed E-state index contributed by atoms with van der Waals surface area (Å²) >= 11 is 0. The Kier molecular flexibility index (Phi) is 9.00. The minimum absolute atomic E-state index is 0.0479. The predicted octanol–water partition coefficient (Wildman–Crippen LogP) is 1.67. The Morgan fingerprint density at radius 3 is 2.31 bits per heavy atom. The van der Waals surface area contributed by atoms with E-state index in [1.54, 1.807) is 0 Å². The molecule has 0 aromatic rings. The summed E-state index contributed by atoms with van der Waals surface area (Å²) in [6.07, 6.45) is 1.01. The number of nitrogens with zero attached hydrogens (tertiary/aromatic N) is 1. The average molecular weight is 229 g/mol. The summed E-state index contributed by atoms with van der Waals surface area (Å²) in [5.74, 6) is 0.501. The average Bonchev–Trinajstić information content (AvgIpc) is 2.26. The monoisotopic (exact) mass is 229 g/mol. The maximum absolute atomic E-state index is 11.3. The summed E-state index contributed by atoms with van der Waals surface area (Å²) in [5, 5.41) is 5.70. The molecule has 0 saturated carbocycles. The second-order valence-electron chi connectivity index (χ2n) is 4.41. The topological polar surface area (TPSA) is 44.4 Å². The molecule has 0 aliphatic carbocycles. The normalized spacial score (nSPS) is 10.9. The fourth-order valence-corrected chi connectivity index (χ4v) is 1.40. The van der Waals surface area contributed by atoms with E-state index in [-0.39, 0.29) is 6.03 Å². The van der Waals surface area contributed by atoms with E-state index in [1.165, 1.54) is 0 Å². The molecule has 2 amide bonds. The lowest BCUT2D eigenvalue weighted by molar-refractivity contribution is 0.238. The fourth-order valence-electron chi connectivity index (χ4n) is 1.40. The third kappa shape index (κ3) is 8.53. The molecule has 0 aliphatic heterocycles. The Labute approximate surface area is 99.8 Å². The molecule has 2 N–H and O–H groups in total. The van der Waals surface area contributed by atoms with E-state index in [0.717, 1.165) is 39.1 Å². The van der Waals surface area contributed by atoms with Gasteiger partial charge in [0, 0.05) is 13.1 Å². The van der Waals surface area contributed by atoms with Crippen LogP contribution in [0.2, 0.25) is 0 Å². The highest BCUT2D eigenvalue weighted by molar-refractivity contribution is 5.73. The van der Waals surface area contributed by atoms with Gasteiger partial charge in [0.2, 0.25) is 0 Å². The molecule has 0 aromatic carbocycles. The van der Waals surface area contributed by atoms with Gasteiger partial charge < -0.3 is 15.5 Å². The third-order valence-corrected chi connectivity index (χ3v) is 2.50. The molecule has 0 spiro atoms. The molecule has 0 radical (unpaired) electrons. The van der Waals surface area contributed by atoms with Crippen LogP contribution in [-0.2, 0) is 0 Å². The van der Waals surface area contributed by atoms with Crippen LogP contribution in [0, 0.1) is 5.92 Å². The van der Waals surface area contributed by atoms with E-state index in [2.05, 4.69) is 43.2 Å². The molecule has 0 heterocycles. The number of hydrogen-bond acceptors (Lipinski definition) is 2. The van der Waals surface area contributed by atoms with E-state index in [9.17, 15) is 4.79 Å². The van der Waals surface area contributed by atoms with E-state index in [0.29, 0.717) is 5.92 Å². The van der Waals surface area contributed by atoms with Gasteiger partial charge >= 0.3 is 6.03 Å². The summed E-state index contributed by atoms with van der Waals surface area (Å²) in [7, 11) is 0. The molecule has 96 valence electrons. The van der Waals surface area contributed by atoms with Crippen molar-refractivity contribution < 1.29 is 4.79 Å². The summed E-state index contributed by atoms with van der Waals surface area (Å²) in [6.45, 7) is 13.2. The van der Waals surface area contributed by atoms with Crippen LogP contribution in [0.5, 0.6) is 0 Å². The maximum atomic E-state index is 11.3. The van der Waals surface area contributed by atoms with Crippen molar-refractivity contribution in [2.75, 3.05) is 32.7 Å². The first kappa shape index (κ1) is 15.2. The van der Waals surface area contributed by atoms with Crippen LogP contribution in [0.15, 0.2) is 0 Å². The Morgan fingerprint density at radius 2 is 1.81 bits per heavy atom. The summed E-state index contributed by atoms with van der Waals surface area (Å²) < 4.78 is 0. The standard InChI is InChI=1S/C12H27N3O/c1-5-15(6-2)9-7-8-13-12(16)14-10-11(3)4/h11H,5-10H2,1-4H3,(H2,13,14,16). The second kappa shape index (κ2) is 9.46. The smallest absolute Gasteiger partial charge is 0.314 e. The zero-order valence-electron chi connectivity index (χ0n) is 11.2.